The van der Waals surface area contributed by atoms with Crippen molar-refractivity contribution in [1.29, 1.82) is 0 Å². The number of halogens is 2. The normalized spacial score (nSPS) is 19.9. The SMILES string of the molecule is CCCCCCCCCCCCCCC1(O)C(C)=C(C)C2=[N+](Cc3ccc(Br)cc3)CCCN21.[Br-]. The Morgan fingerprint density at radius 2 is 1.43 bits per heavy atom. The van der Waals surface area contributed by atoms with Gasteiger partial charge in [0.2, 0.25) is 5.72 Å². The van der Waals surface area contributed by atoms with E-state index in [4.69, 9.17) is 0 Å². The molecule has 3 nitrogen and oxygen atoms in total. The Morgan fingerprint density at radius 3 is 2.00 bits per heavy atom. The van der Waals surface area contributed by atoms with Crippen molar-refractivity contribution in [3.8, 4) is 0 Å². The summed E-state index contributed by atoms with van der Waals surface area (Å²) >= 11 is 3.54. The Bertz CT molecular complexity index is 833. The molecule has 35 heavy (non-hydrogen) atoms. The summed E-state index contributed by atoms with van der Waals surface area (Å²) in [6.45, 7) is 9.56. The molecular weight excluding hydrogens is 564 g/mol. The Morgan fingerprint density at radius 1 is 0.886 bits per heavy atom. The minimum Gasteiger partial charge on any atom is -1.00 e. The second-order valence-electron chi connectivity index (χ2n) is 10.6. The van der Waals surface area contributed by atoms with Gasteiger partial charge in [0.05, 0.1) is 13.1 Å². The van der Waals surface area contributed by atoms with Crippen LogP contribution in [0.2, 0.25) is 0 Å². The van der Waals surface area contributed by atoms with Gasteiger partial charge in [0.25, 0.3) is 5.84 Å². The number of benzene rings is 1. The van der Waals surface area contributed by atoms with E-state index in [1.54, 1.807) is 0 Å². The third-order valence-corrected chi connectivity index (χ3v) is 8.50. The molecule has 1 unspecified atom stereocenters. The zero-order chi connectivity index (χ0) is 24.4. The number of hydrogen-bond acceptors (Lipinski definition) is 2. The molecule has 2 aliphatic rings. The highest BCUT2D eigenvalue weighted by Gasteiger charge is 2.53. The lowest BCUT2D eigenvalue weighted by Gasteiger charge is -2.34. The number of hydrogen-bond donors (Lipinski definition) is 1. The summed E-state index contributed by atoms with van der Waals surface area (Å²) in [6, 6.07) is 8.63. The number of aliphatic hydroxyl groups is 1. The smallest absolute Gasteiger partial charge is 0.277 e. The summed E-state index contributed by atoms with van der Waals surface area (Å²) in [5, 5.41) is 11.8. The van der Waals surface area contributed by atoms with Gasteiger partial charge in [-0.15, -0.1) is 0 Å². The summed E-state index contributed by atoms with van der Waals surface area (Å²) in [5.41, 5.74) is 2.96. The van der Waals surface area contributed by atoms with E-state index in [1.165, 1.54) is 87.6 Å². The van der Waals surface area contributed by atoms with Crippen molar-refractivity contribution >= 4 is 21.8 Å². The number of amidine groups is 1. The van der Waals surface area contributed by atoms with E-state index in [1.807, 2.05) is 0 Å². The lowest BCUT2D eigenvalue weighted by atomic mass is 9.96. The van der Waals surface area contributed by atoms with Gasteiger partial charge in [-0.25, -0.2) is 4.90 Å². The Kier molecular flexibility index (Phi) is 13.6. The quantitative estimate of drug-likeness (QED) is 0.218. The fourth-order valence-corrected chi connectivity index (χ4v) is 6.04. The van der Waals surface area contributed by atoms with Gasteiger partial charge >= 0.3 is 0 Å². The van der Waals surface area contributed by atoms with E-state index < -0.39 is 5.72 Å². The highest BCUT2D eigenvalue weighted by Crippen LogP contribution is 2.39. The first-order valence-corrected chi connectivity index (χ1v) is 14.8. The molecule has 0 aliphatic carbocycles. The molecule has 3 rings (SSSR count). The first-order chi connectivity index (χ1) is 16.5. The third-order valence-electron chi connectivity index (χ3n) is 7.98. The highest BCUT2D eigenvalue weighted by molar-refractivity contribution is 9.10. The van der Waals surface area contributed by atoms with Crippen molar-refractivity contribution in [3.05, 3.63) is 45.4 Å². The molecule has 2 heterocycles. The molecule has 1 aromatic carbocycles. The average Bonchev–Trinajstić information content (AvgIpc) is 3.03. The maximum Gasteiger partial charge on any atom is 0.277 e. The Labute approximate surface area is 234 Å². The molecule has 0 amide bonds. The van der Waals surface area contributed by atoms with Crippen LogP contribution in [0, 0.1) is 0 Å². The van der Waals surface area contributed by atoms with Crippen LogP contribution in [0.4, 0.5) is 0 Å². The summed E-state index contributed by atoms with van der Waals surface area (Å²) in [4.78, 5) is 2.32. The Hall–Kier alpha value is -0.650. The second kappa shape index (κ2) is 15.6. The first-order valence-electron chi connectivity index (χ1n) is 14.0. The fourth-order valence-electron chi connectivity index (χ4n) is 5.77. The number of fused-ring (bicyclic) bond motifs is 1. The molecule has 0 spiro atoms. The molecule has 0 aromatic heterocycles. The average molecular weight is 613 g/mol. The second-order valence-corrected chi connectivity index (χ2v) is 11.5. The van der Waals surface area contributed by atoms with Crippen molar-refractivity contribution in [2.75, 3.05) is 13.1 Å². The number of unbranched alkanes of at least 4 members (excludes halogenated alkanes) is 11. The van der Waals surface area contributed by atoms with Crippen LogP contribution >= 0.6 is 15.9 Å². The van der Waals surface area contributed by atoms with Gasteiger partial charge in [0.15, 0.2) is 0 Å². The standard InChI is InChI=1S/C30H48BrN2O.BrH/c1-4-5-6-7-8-9-10-11-12-13-14-15-21-30(34)26(3)25(2)29-32(22-16-23-33(29)30)24-27-17-19-28(31)20-18-27;/h17-20,34H,4-16,21-24H2,1-3H3;1H/q+1;/p-1. The van der Waals surface area contributed by atoms with Gasteiger partial charge in [0, 0.05) is 28.5 Å². The minimum absolute atomic E-state index is 0. The fraction of sp³-hybridized carbons (Fsp3) is 0.700. The lowest BCUT2D eigenvalue weighted by molar-refractivity contribution is -0.554. The van der Waals surface area contributed by atoms with Crippen LogP contribution in [0.15, 0.2) is 39.9 Å². The zero-order valence-corrected chi connectivity index (χ0v) is 25.6. The van der Waals surface area contributed by atoms with Gasteiger partial charge in [-0.05, 0) is 38.0 Å². The number of nitrogens with zero attached hydrogens (tertiary/aromatic N) is 2. The molecular formula is C30H48Br2N2O. The van der Waals surface area contributed by atoms with Gasteiger partial charge < -0.3 is 22.1 Å². The van der Waals surface area contributed by atoms with E-state index in [0.29, 0.717) is 0 Å². The summed E-state index contributed by atoms with van der Waals surface area (Å²) < 4.78 is 3.60. The van der Waals surface area contributed by atoms with Gasteiger partial charge in [-0.1, -0.05) is 106 Å². The van der Waals surface area contributed by atoms with Crippen molar-refractivity contribution in [2.24, 2.45) is 0 Å². The highest BCUT2D eigenvalue weighted by atomic mass is 79.9. The molecule has 0 fully saturated rings. The van der Waals surface area contributed by atoms with E-state index in [0.717, 1.165) is 48.9 Å². The molecule has 0 saturated heterocycles. The predicted molar refractivity (Wildman–Crippen MR) is 148 cm³/mol. The van der Waals surface area contributed by atoms with Crippen LogP contribution in [0.3, 0.4) is 0 Å². The van der Waals surface area contributed by atoms with E-state index in [-0.39, 0.29) is 17.0 Å². The largest absolute Gasteiger partial charge is 1.00 e. The minimum atomic E-state index is -0.795. The first kappa shape index (κ1) is 30.6. The van der Waals surface area contributed by atoms with Crippen LogP contribution in [0.5, 0.6) is 0 Å². The van der Waals surface area contributed by atoms with Crippen LogP contribution in [0.25, 0.3) is 0 Å². The number of rotatable bonds is 15. The van der Waals surface area contributed by atoms with Gasteiger partial charge in [0.1, 0.15) is 6.54 Å². The van der Waals surface area contributed by atoms with Gasteiger partial charge in [-0.2, -0.15) is 0 Å². The van der Waals surface area contributed by atoms with Crippen LogP contribution in [-0.4, -0.2) is 39.2 Å². The van der Waals surface area contributed by atoms with E-state index in [2.05, 4.69) is 70.4 Å². The molecule has 1 aromatic rings. The van der Waals surface area contributed by atoms with E-state index >= 15 is 0 Å². The maximum absolute atomic E-state index is 11.8. The van der Waals surface area contributed by atoms with Crippen LogP contribution in [0.1, 0.15) is 116 Å². The molecule has 5 heteroatoms. The van der Waals surface area contributed by atoms with Crippen LogP contribution < -0.4 is 17.0 Å². The summed E-state index contributed by atoms with van der Waals surface area (Å²) in [5.74, 6) is 1.26. The monoisotopic (exact) mass is 610 g/mol. The molecule has 2 aliphatic heterocycles. The van der Waals surface area contributed by atoms with Crippen molar-refractivity contribution in [2.45, 2.75) is 123 Å². The zero-order valence-electron chi connectivity index (χ0n) is 22.4. The molecule has 198 valence electrons. The van der Waals surface area contributed by atoms with Crippen LogP contribution in [-0.2, 0) is 6.54 Å². The van der Waals surface area contributed by atoms with Crippen molar-refractivity contribution < 1.29 is 26.7 Å². The van der Waals surface area contributed by atoms with Crippen molar-refractivity contribution in [1.82, 2.24) is 4.90 Å². The molecule has 0 radical (unpaired) electrons. The lowest BCUT2D eigenvalue weighted by Crippen LogP contribution is -3.00. The summed E-state index contributed by atoms with van der Waals surface area (Å²) in [6.07, 6.45) is 18.1. The van der Waals surface area contributed by atoms with Crippen molar-refractivity contribution in [3.63, 3.8) is 0 Å². The molecule has 1 atom stereocenters. The predicted octanol–water partition coefficient (Wildman–Crippen LogP) is 5.20. The maximum atomic E-state index is 11.8. The molecule has 0 saturated carbocycles. The third kappa shape index (κ3) is 8.43. The van der Waals surface area contributed by atoms with Gasteiger partial charge in [-0.3, -0.25) is 4.58 Å². The molecule has 1 N–H and O–H groups in total. The molecule has 0 bridgehead atoms. The Balaban J connectivity index is 0.00000432. The topological polar surface area (TPSA) is 26.5 Å². The van der Waals surface area contributed by atoms with E-state index in [9.17, 15) is 5.11 Å². The summed E-state index contributed by atoms with van der Waals surface area (Å²) in [7, 11) is 0.